The molecule has 1 unspecified atom stereocenters. The second-order valence-electron chi connectivity index (χ2n) is 17.1. The van der Waals surface area contributed by atoms with E-state index in [9.17, 15) is 33.6 Å². The molecule has 6 N–H and O–H groups in total. The molecule has 5 atom stereocenters. The van der Waals surface area contributed by atoms with E-state index in [1.165, 1.54) is 0 Å². The molecule has 0 saturated carbocycles. The van der Waals surface area contributed by atoms with E-state index in [2.05, 4.69) is 19.9 Å². The molecule has 6 heterocycles. The fraction of sp³-hybridized carbons (Fsp3) is 0.120. The average Bonchev–Trinajstić information content (AvgIpc) is 4.25. The largest absolute Gasteiger partial charge is 0.394 e. The van der Waals surface area contributed by atoms with Crippen molar-refractivity contribution < 1.29 is 109 Å². The number of thioether (sulfide) groups is 1. The summed E-state index contributed by atoms with van der Waals surface area (Å²) in [7, 11) is 0. The minimum Gasteiger partial charge on any atom is -0.394 e. The Hall–Kier alpha value is -7.70. The number of benzene rings is 4. The van der Waals surface area contributed by atoms with Gasteiger partial charge < -0.3 is 35.1 Å². The number of nitrogens with zero attached hydrogens (tertiary/aromatic N) is 2. The van der Waals surface area contributed by atoms with Crippen LogP contribution in [0.15, 0.2) is 29.2 Å². The predicted molar refractivity (Wildman–Crippen MR) is 239 cm³/mol. The van der Waals surface area contributed by atoms with Gasteiger partial charge in [0.15, 0.2) is 99.4 Å². The zero-order valence-corrected chi connectivity index (χ0v) is 38.7. The van der Waals surface area contributed by atoms with Crippen LogP contribution in [0.2, 0.25) is 0 Å². The van der Waals surface area contributed by atoms with Crippen molar-refractivity contribution in [2.45, 2.75) is 34.7 Å². The third-order valence-electron chi connectivity index (χ3n) is 12.7. The van der Waals surface area contributed by atoms with Gasteiger partial charge in [-0.1, -0.05) is 0 Å². The fourth-order valence-electron chi connectivity index (χ4n) is 9.01. The zero-order chi connectivity index (χ0) is 57.3. The molecule has 410 valence electrons. The summed E-state index contributed by atoms with van der Waals surface area (Å²) >= 11 is -0.321. The Kier molecular flexibility index (Phi) is 13.8. The van der Waals surface area contributed by atoms with Crippen molar-refractivity contribution in [1.82, 2.24) is 19.9 Å². The molecule has 7 aromatic rings. The summed E-state index contributed by atoms with van der Waals surface area (Å²) in [4.78, 5) is 10.9. The average molecular weight is 1150 g/mol. The van der Waals surface area contributed by atoms with Gasteiger partial charge in [-0.2, -0.15) is 0 Å². The summed E-state index contributed by atoms with van der Waals surface area (Å²) in [5.41, 5.74) is -20.8. The van der Waals surface area contributed by atoms with Gasteiger partial charge in [0, 0.05) is 44.3 Å². The van der Waals surface area contributed by atoms with Crippen LogP contribution < -0.4 is 0 Å². The van der Waals surface area contributed by atoms with Crippen molar-refractivity contribution >= 4 is 58.1 Å². The molecule has 9 nitrogen and oxygen atoms in total. The molecule has 10 rings (SSSR count). The van der Waals surface area contributed by atoms with Gasteiger partial charge in [0.2, 0.25) is 17.5 Å². The molecule has 4 aromatic carbocycles. The zero-order valence-electron chi connectivity index (χ0n) is 37.9. The first-order valence-electron chi connectivity index (χ1n) is 21.9. The molecule has 8 bridgehead atoms. The number of aliphatic hydroxyl groups is 4. The molecule has 1 saturated heterocycles. The minimum absolute atomic E-state index is 0.321. The Labute approximate surface area is 429 Å². The number of H-pyrrole nitrogens is 2. The maximum absolute atomic E-state index is 16.9. The number of nitrogens with one attached hydrogen (secondary N) is 2. The first kappa shape index (κ1) is 54.6. The lowest BCUT2D eigenvalue weighted by Gasteiger charge is -2.39. The topological polar surface area (TPSA) is 148 Å². The van der Waals surface area contributed by atoms with Gasteiger partial charge >= 0.3 is 0 Å². The van der Waals surface area contributed by atoms with E-state index >= 15 is 70.2 Å². The molecule has 3 aliphatic rings. The maximum Gasteiger partial charge on any atom is 0.200 e. The van der Waals surface area contributed by atoms with Crippen LogP contribution in [0.25, 0.3) is 90.9 Å². The third kappa shape index (κ3) is 8.34. The lowest BCUT2D eigenvalue weighted by molar-refractivity contribution is -0.248. The highest BCUT2D eigenvalue weighted by Crippen LogP contribution is 2.47. The first-order valence-corrected chi connectivity index (χ1v) is 22.8. The van der Waals surface area contributed by atoms with Crippen molar-refractivity contribution in [2.75, 3.05) is 6.61 Å². The summed E-state index contributed by atoms with van der Waals surface area (Å²) in [5, 5.41) is 39.0. The molecular weight excluding hydrogens is 1130 g/mol. The van der Waals surface area contributed by atoms with E-state index in [1.807, 2.05) is 0 Å². The number of aromatic nitrogens is 4. The van der Waals surface area contributed by atoms with E-state index in [4.69, 9.17) is 4.74 Å². The van der Waals surface area contributed by atoms with Crippen LogP contribution in [0.5, 0.6) is 0 Å². The first-order chi connectivity index (χ1) is 37.3. The van der Waals surface area contributed by atoms with Crippen LogP contribution in [-0.4, -0.2) is 76.8 Å². The van der Waals surface area contributed by atoms with Crippen molar-refractivity contribution in [3.05, 3.63) is 158 Å². The summed E-state index contributed by atoms with van der Waals surface area (Å²) in [6, 6.07) is 2.49. The number of halogens is 19. The number of fused-ring (bicyclic) bond motifs is 8. The van der Waals surface area contributed by atoms with Crippen molar-refractivity contribution in [3.63, 3.8) is 0 Å². The summed E-state index contributed by atoms with van der Waals surface area (Å²) in [5.74, 6) is -49.4. The quantitative estimate of drug-likeness (QED) is 0.0525. The summed E-state index contributed by atoms with van der Waals surface area (Å²) < 4.78 is 302. The van der Waals surface area contributed by atoms with Gasteiger partial charge in [-0.25, -0.2) is 93.4 Å². The lowest BCUT2D eigenvalue weighted by Crippen LogP contribution is -2.57. The number of aliphatic hydroxyl groups excluding tert-OH is 4. The molecule has 29 heteroatoms. The second kappa shape index (κ2) is 19.9. The van der Waals surface area contributed by atoms with Crippen LogP contribution in [-0.2, 0) is 4.74 Å². The Morgan fingerprint density at radius 3 is 0.886 bits per heavy atom. The maximum atomic E-state index is 16.9. The lowest BCUT2D eigenvalue weighted by atomic mass is 10.0. The van der Waals surface area contributed by atoms with Crippen LogP contribution in [0.4, 0.5) is 83.4 Å². The van der Waals surface area contributed by atoms with Gasteiger partial charge in [-0.05, 0) is 48.6 Å². The van der Waals surface area contributed by atoms with Crippen LogP contribution in [0.1, 0.15) is 22.8 Å². The van der Waals surface area contributed by atoms with Gasteiger partial charge in [-0.15, -0.1) is 11.8 Å². The van der Waals surface area contributed by atoms with Crippen LogP contribution in [0.3, 0.4) is 0 Å². The molecule has 0 spiro atoms. The molecule has 0 radical (unpaired) electrons. The number of hydrogen-bond donors (Lipinski definition) is 6. The van der Waals surface area contributed by atoms with Gasteiger partial charge in [0.25, 0.3) is 0 Å². The Balaban J connectivity index is 1.41. The highest BCUT2D eigenvalue weighted by Gasteiger charge is 2.46. The molecule has 3 aliphatic heterocycles. The normalized spacial score (nSPS) is 18.1. The molecule has 0 amide bonds. The van der Waals surface area contributed by atoms with E-state index in [1.54, 1.807) is 0 Å². The van der Waals surface area contributed by atoms with E-state index in [0.717, 1.165) is 0 Å². The highest BCUT2D eigenvalue weighted by atomic mass is 32.2. The molecule has 0 aliphatic carbocycles. The standard InChI is InChI=1S/C50H21F19N4O5S/c51-27-23(28(52)36(60)41(65)35(27)59)19-10-1-3-12(70-10)20(24-29(53)37(61)42(66)38(62)30(24)54)14-5-7-16(72-14)22(26-33(57)44(68)48(45(69)34(26)58)79-49-46(75)18(9-74)78-50(77)47(49)76)17-8-6-15(73-17)21(13-4-2-11(19)71-13)25-31(55)39(63)43(67)40(64)32(25)56/h1-8,18,46-47,49-50,70,73-77H,9H2/t18-,46-,47-,49+,50?/m1/s1. The highest BCUT2D eigenvalue weighted by molar-refractivity contribution is 8.00. The van der Waals surface area contributed by atoms with Gasteiger partial charge in [-0.3, -0.25) is 0 Å². The Morgan fingerprint density at radius 2 is 0.620 bits per heavy atom. The van der Waals surface area contributed by atoms with E-state index < -0.39 is 241 Å². The summed E-state index contributed by atoms with van der Waals surface area (Å²) in [6.07, 6.45) is -6.05. The summed E-state index contributed by atoms with van der Waals surface area (Å²) in [6.45, 7) is -1.08. The SMILES string of the molecule is OC[C@H]1OC(O)[C@H](O)[C@@H](Sc2c(F)c(F)c(-c3c4nc(c(-c5c(F)c(F)c(F)c(F)c5F)c5ccc([nH]5)c(-c5c(F)c(F)c(F)c(F)c5F)c5nc(c(-c6c(F)c(F)c(F)c(F)c6F)c6ccc3[nH]6)C=C5)C=C4)c(F)c2F)[C@@H]1O. The Morgan fingerprint density at radius 1 is 0.367 bits per heavy atom. The van der Waals surface area contributed by atoms with Gasteiger partial charge in [0.05, 0.1) is 67.9 Å². The van der Waals surface area contributed by atoms with Crippen molar-refractivity contribution in [2.24, 2.45) is 0 Å². The number of aromatic amines is 2. The van der Waals surface area contributed by atoms with E-state index in [0.29, 0.717) is 48.6 Å². The molecule has 1 fully saturated rings. The molecule has 79 heavy (non-hydrogen) atoms. The number of rotatable bonds is 7. The van der Waals surface area contributed by atoms with Crippen molar-refractivity contribution in [1.29, 1.82) is 0 Å². The molecule has 3 aromatic heterocycles. The Bertz CT molecular complexity index is 3890. The monoisotopic (exact) mass is 1150 g/mol. The molecular formula is C50H21F19N4O5S. The van der Waals surface area contributed by atoms with Gasteiger partial charge in [0.1, 0.15) is 12.2 Å². The van der Waals surface area contributed by atoms with Crippen LogP contribution in [0, 0.1) is 111 Å². The fourth-order valence-corrected chi connectivity index (χ4v) is 10.3. The minimum atomic E-state index is -2.74. The third-order valence-corrected chi connectivity index (χ3v) is 14.1. The van der Waals surface area contributed by atoms with Crippen LogP contribution >= 0.6 is 11.8 Å². The van der Waals surface area contributed by atoms with Crippen molar-refractivity contribution in [3.8, 4) is 44.5 Å². The number of ether oxygens (including phenoxy) is 1. The van der Waals surface area contributed by atoms with E-state index in [-0.39, 0.29) is 11.8 Å². The predicted octanol–water partition coefficient (Wildman–Crippen LogP) is 11.9. The number of hydrogen-bond acceptors (Lipinski definition) is 8. The smallest absolute Gasteiger partial charge is 0.200 e. The second-order valence-corrected chi connectivity index (χ2v) is 18.3.